The van der Waals surface area contributed by atoms with Crippen molar-refractivity contribution >= 4 is 21.6 Å². The van der Waals surface area contributed by atoms with Gasteiger partial charge in [-0.25, -0.2) is 8.42 Å². The highest BCUT2D eigenvalue weighted by atomic mass is 32.2. The Bertz CT molecular complexity index is 761. The van der Waals surface area contributed by atoms with Crippen molar-refractivity contribution in [2.45, 2.75) is 69.4 Å². The van der Waals surface area contributed by atoms with Crippen LogP contribution in [0.25, 0.3) is 0 Å². The number of rotatable bonds is 5. The molecule has 1 aliphatic heterocycles. The third kappa shape index (κ3) is 4.18. The number of hydrogen-bond donors (Lipinski definition) is 1. The molecule has 0 spiro atoms. The normalized spacial score (nSPS) is 26.8. The highest BCUT2D eigenvalue weighted by Crippen LogP contribution is 2.30. The van der Waals surface area contributed by atoms with Gasteiger partial charge in [-0.3, -0.25) is 4.79 Å². The summed E-state index contributed by atoms with van der Waals surface area (Å²) in [5.74, 6) is 0.284. The summed E-state index contributed by atoms with van der Waals surface area (Å²) in [4.78, 5) is 12.4. The minimum atomic E-state index is -3.51. The lowest BCUT2D eigenvalue weighted by Gasteiger charge is -2.37. The molecule has 0 bridgehead atoms. The van der Waals surface area contributed by atoms with E-state index >= 15 is 0 Å². The molecule has 1 saturated heterocycles. The topological polar surface area (TPSA) is 66.5 Å². The van der Waals surface area contributed by atoms with E-state index in [0.29, 0.717) is 18.0 Å². The second kappa shape index (κ2) is 7.92. The Kier molecular flexibility index (Phi) is 5.82. The van der Waals surface area contributed by atoms with Crippen LogP contribution < -0.4 is 5.32 Å². The minimum absolute atomic E-state index is 0.0163. The molecule has 1 N–H and O–H groups in total. The van der Waals surface area contributed by atoms with Crippen LogP contribution in [-0.2, 0) is 14.8 Å². The smallest absolute Gasteiger partial charge is 0.243 e. The molecule has 1 fully saturated rings. The Balaban J connectivity index is 1.68. The Morgan fingerprint density at radius 3 is 2.35 bits per heavy atom. The lowest BCUT2D eigenvalue weighted by atomic mass is 10.0. The van der Waals surface area contributed by atoms with E-state index in [-0.39, 0.29) is 22.9 Å². The molecule has 3 rings (SSSR count). The summed E-state index contributed by atoms with van der Waals surface area (Å²) in [6.45, 7) is 3.94. The second-order valence-corrected chi connectivity index (χ2v) is 9.35. The summed E-state index contributed by atoms with van der Waals surface area (Å²) in [6, 6.07) is 6.57. The molecule has 6 heteroatoms. The molecule has 0 unspecified atom stereocenters. The van der Waals surface area contributed by atoms with Gasteiger partial charge in [-0.1, -0.05) is 18.6 Å². The molecule has 142 valence electrons. The maximum atomic E-state index is 13.0. The van der Waals surface area contributed by atoms with Crippen LogP contribution in [0.1, 0.15) is 52.4 Å². The van der Waals surface area contributed by atoms with Gasteiger partial charge >= 0.3 is 0 Å². The zero-order valence-electron chi connectivity index (χ0n) is 15.5. The fraction of sp³-hybridized carbons (Fsp3) is 0.550. The van der Waals surface area contributed by atoms with Crippen molar-refractivity contribution in [1.29, 1.82) is 0 Å². The van der Waals surface area contributed by atoms with E-state index in [1.54, 1.807) is 28.6 Å². The number of anilines is 1. The minimum Gasteiger partial charge on any atom is -0.326 e. The number of benzene rings is 1. The van der Waals surface area contributed by atoms with E-state index < -0.39 is 10.0 Å². The van der Waals surface area contributed by atoms with Gasteiger partial charge in [0.05, 0.1) is 4.90 Å². The van der Waals surface area contributed by atoms with Crippen LogP contribution in [-0.4, -0.2) is 30.7 Å². The van der Waals surface area contributed by atoms with Crippen LogP contribution in [0.3, 0.4) is 0 Å². The second-order valence-electron chi connectivity index (χ2n) is 7.51. The molecular formula is C20H28N2O3S. The molecule has 3 atom stereocenters. The molecule has 0 radical (unpaired) electrons. The Hall–Kier alpha value is -1.66. The first-order chi connectivity index (χ1) is 12.4. The van der Waals surface area contributed by atoms with E-state index in [9.17, 15) is 13.2 Å². The fourth-order valence-electron chi connectivity index (χ4n) is 4.02. The van der Waals surface area contributed by atoms with Crippen LogP contribution in [0, 0.1) is 5.92 Å². The van der Waals surface area contributed by atoms with Crippen molar-refractivity contribution in [3.63, 3.8) is 0 Å². The van der Waals surface area contributed by atoms with Crippen LogP contribution in [0.15, 0.2) is 41.3 Å². The molecule has 1 amide bonds. The number of hydrogen-bond acceptors (Lipinski definition) is 3. The highest BCUT2D eigenvalue weighted by molar-refractivity contribution is 7.89. The maximum absolute atomic E-state index is 13.0. The number of carbonyl (C=O) groups excluding carboxylic acids is 1. The average molecular weight is 377 g/mol. The summed E-state index contributed by atoms with van der Waals surface area (Å²) in [5.41, 5.74) is 0.635. The quantitative estimate of drug-likeness (QED) is 0.792. The Labute approximate surface area is 156 Å². The third-order valence-electron chi connectivity index (χ3n) is 5.39. The summed E-state index contributed by atoms with van der Waals surface area (Å²) in [7, 11) is -3.51. The van der Waals surface area contributed by atoms with E-state index in [1.807, 2.05) is 13.8 Å². The largest absolute Gasteiger partial charge is 0.326 e. The number of carbonyl (C=O) groups is 1. The standard InChI is InChI=1S/C20H28N2O3S/c1-15-6-5-7-16(2)22(15)26(24,25)19-12-10-18(11-13-19)21-20(23)14-17-8-3-4-9-17/h3,8,10-13,15-17H,4-7,9,14H2,1-2H3,(H,21,23)/t15-,16+,17-/m1/s1. The van der Waals surface area contributed by atoms with Crippen molar-refractivity contribution in [1.82, 2.24) is 4.31 Å². The molecule has 1 aromatic rings. The van der Waals surface area contributed by atoms with Crippen molar-refractivity contribution in [3.8, 4) is 0 Å². The number of sulfonamides is 1. The van der Waals surface area contributed by atoms with Crippen LogP contribution in [0.5, 0.6) is 0 Å². The molecular weight excluding hydrogens is 348 g/mol. The number of amides is 1. The fourth-order valence-corrected chi connectivity index (χ4v) is 5.90. The van der Waals surface area contributed by atoms with E-state index in [2.05, 4.69) is 17.5 Å². The summed E-state index contributed by atoms with van der Waals surface area (Å²) >= 11 is 0. The molecule has 26 heavy (non-hydrogen) atoms. The molecule has 1 aromatic carbocycles. The van der Waals surface area contributed by atoms with Gasteiger partial charge in [-0.15, -0.1) is 0 Å². The van der Waals surface area contributed by atoms with E-state index in [1.165, 1.54) is 0 Å². The van der Waals surface area contributed by atoms with E-state index in [4.69, 9.17) is 0 Å². The number of nitrogens with one attached hydrogen (secondary N) is 1. The highest BCUT2D eigenvalue weighted by Gasteiger charge is 2.35. The summed E-state index contributed by atoms with van der Waals surface area (Å²) < 4.78 is 27.6. The molecule has 0 saturated carbocycles. The molecule has 2 aliphatic rings. The van der Waals surface area contributed by atoms with Gasteiger partial charge in [0.25, 0.3) is 0 Å². The summed E-state index contributed by atoms with van der Waals surface area (Å²) in [6.07, 6.45) is 9.60. The van der Waals surface area contributed by atoms with Gasteiger partial charge in [0.2, 0.25) is 15.9 Å². The number of nitrogens with zero attached hydrogens (tertiary/aromatic N) is 1. The average Bonchev–Trinajstić information content (AvgIpc) is 3.07. The first kappa shape index (κ1) is 19.1. The van der Waals surface area contributed by atoms with Gasteiger partial charge in [-0.2, -0.15) is 4.31 Å². The maximum Gasteiger partial charge on any atom is 0.243 e. The molecule has 0 aromatic heterocycles. The SMILES string of the molecule is C[C@@H]1CCC[C@H](C)N1S(=O)(=O)c1ccc(NC(=O)C[C@@H]2C=CCC2)cc1. The van der Waals surface area contributed by atoms with Gasteiger partial charge in [0, 0.05) is 24.2 Å². The predicted molar refractivity (Wildman–Crippen MR) is 103 cm³/mol. The van der Waals surface area contributed by atoms with Crippen LogP contribution >= 0.6 is 0 Å². The van der Waals surface area contributed by atoms with Crippen LogP contribution in [0.4, 0.5) is 5.69 Å². The molecule has 5 nitrogen and oxygen atoms in total. The van der Waals surface area contributed by atoms with Gasteiger partial charge in [0.15, 0.2) is 0 Å². The molecule has 1 heterocycles. The van der Waals surface area contributed by atoms with Crippen molar-refractivity contribution < 1.29 is 13.2 Å². The Morgan fingerprint density at radius 1 is 1.12 bits per heavy atom. The number of allylic oxidation sites excluding steroid dienone is 2. The van der Waals surface area contributed by atoms with Crippen molar-refractivity contribution in [3.05, 3.63) is 36.4 Å². The van der Waals surface area contributed by atoms with E-state index in [0.717, 1.165) is 32.1 Å². The first-order valence-electron chi connectivity index (χ1n) is 9.48. The Morgan fingerprint density at radius 2 is 1.77 bits per heavy atom. The predicted octanol–water partition coefficient (Wildman–Crippen LogP) is 3.93. The summed E-state index contributed by atoms with van der Waals surface area (Å²) in [5, 5.41) is 2.86. The van der Waals surface area contributed by atoms with Gasteiger partial charge in [-0.05, 0) is 69.7 Å². The van der Waals surface area contributed by atoms with Gasteiger partial charge < -0.3 is 5.32 Å². The van der Waals surface area contributed by atoms with Crippen LogP contribution in [0.2, 0.25) is 0 Å². The zero-order valence-corrected chi connectivity index (χ0v) is 16.3. The van der Waals surface area contributed by atoms with Crippen molar-refractivity contribution in [2.24, 2.45) is 5.92 Å². The zero-order chi connectivity index (χ0) is 18.7. The lowest BCUT2D eigenvalue weighted by molar-refractivity contribution is -0.116. The first-order valence-corrected chi connectivity index (χ1v) is 10.9. The lowest BCUT2D eigenvalue weighted by Crippen LogP contribution is -2.47. The number of piperidine rings is 1. The molecule has 1 aliphatic carbocycles. The van der Waals surface area contributed by atoms with Gasteiger partial charge in [0.1, 0.15) is 0 Å². The van der Waals surface area contributed by atoms with Crippen molar-refractivity contribution in [2.75, 3.05) is 5.32 Å². The third-order valence-corrected chi connectivity index (χ3v) is 7.53. The monoisotopic (exact) mass is 376 g/mol.